The lowest BCUT2D eigenvalue weighted by molar-refractivity contribution is -0.677. The van der Waals surface area contributed by atoms with Gasteiger partial charge < -0.3 is 18.9 Å². The summed E-state index contributed by atoms with van der Waals surface area (Å²) in [6.07, 6.45) is 0. The summed E-state index contributed by atoms with van der Waals surface area (Å²) in [6.45, 7) is 0.185. The summed E-state index contributed by atoms with van der Waals surface area (Å²) in [4.78, 5) is 4.77. The molecular weight excluding hydrogens is 451 g/mol. The van der Waals surface area contributed by atoms with E-state index in [4.69, 9.17) is 37.4 Å². The van der Waals surface area contributed by atoms with Gasteiger partial charge in [-0.3, -0.25) is 0 Å². The number of aromatic nitrogens is 4. The van der Waals surface area contributed by atoms with Crippen LogP contribution in [0.1, 0.15) is 5.69 Å². The minimum Gasteiger partial charge on any atom is -0.539 e. The molecule has 0 aliphatic rings. The van der Waals surface area contributed by atoms with Crippen LogP contribution in [0.4, 0.5) is 0 Å². The van der Waals surface area contributed by atoms with Crippen LogP contribution >= 0.6 is 23.2 Å². The van der Waals surface area contributed by atoms with E-state index in [-0.39, 0.29) is 6.54 Å². The zero-order valence-electron chi connectivity index (χ0n) is 16.8. The van der Waals surface area contributed by atoms with Gasteiger partial charge >= 0.3 is 0 Å². The summed E-state index contributed by atoms with van der Waals surface area (Å²) in [5.41, 5.74) is 3.44. The molecule has 2 aromatic heterocycles. The van der Waals surface area contributed by atoms with Gasteiger partial charge in [-0.15, -0.1) is 0 Å². The highest BCUT2D eigenvalue weighted by Crippen LogP contribution is 2.31. The Bertz CT molecular complexity index is 1430. The van der Waals surface area contributed by atoms with Crippen molar-refractivity contribution in [2.45, 2.75) is 6.54 Å². The van der Waals surface area contributed by atoms with Crippen molar-refractivity contribution in [3.05, 3.63) is 82.5 Å². The number of benzene rings is 3. The summed E-state index contributed by atoms with van der Waals surface area (Å²) in [7, 11) is 1.59. The summed E-state index contributed by atoms with van der Waals surface area (Å²) < 4.78 is 13.6. The molecule has 0 saturated carbocycles. The molecule has 2 heterocycles. The van der Waals surface area contributed by atoms with E-state index in [1.807, 2.05) is 34.9 Å². The zero-order valence-corrected chi connectivity index (χ0v) is 18.3. The molecule has 0 N–H and O–H groups in total. The smallest absolute Gasteiger partial charge is 0.259 e. The first-order valence-corrected chi connectivity index (χ1v) is 10.4. The molecule has 0 fully saturated rings. The van der Waals surface area contributed by atoms with Gasteiger partial charge in [-0.1, -0.05) is 35.3 Å². The highest BCUT2D eigenvalue weighted by atomic mass is 35.5. The number of ether oxygens (including phenoxy) is 1. The second kappa shape index (κ2) is 8.18. The van der Waals surface area contributed by atoms with E-state index in [1.54, 1.807) is 43.5 Å². The maximum absolute atomic E-state index is 12.6. The van der Waals surface area contributed by atoms with Crippen LogP contribution in [0.25, 0.3) is 28.1 Å². The van der Waals surface area contributed by atoms with Crippen LogP contribution in [-0.4, -0.2) is 21.9 Å². The van der Waals surface area contributed by atoms with Gasteiger partial charge in [0.05, 0.1) is 33.5 Å². The van der Waals surface area contributed by atoms with Crippen molar-refractivity contribution in [3.8, 4) is 28.8 Å². The van der Waals surface area contributed by atoms with E-state index in [0.29, 0.717) is 33.0 Å². The van der Waals surface area contributed by atoms with Crippen LogP contribution in [0.3, 0.4) is 0 Å². The fourth-order valence-electron chi connectivity index (χ4n) is 3.57. The number of hydrogen-bond donors (Lipinski definition) is 0. The average molecular weight is 467 g/mol. The Morgan fingerprint density at radius 3 is 2.56 bits per heavy atom. The van der Waals surface area contributed by atoms with E-state index in [9.17, 15) is 5.11 Å². The Hall–Kier alpha value is -3.55. The third kappa shape index (κ3) is 3.55. The maximum Gasteiger partial charge on any atom is 0.259 e. The molecule has 0 aliphatic heterocycles. The summed E-state index contributed by atoms with van der Waals surface area (Å²) in [6, 6.07) is 20.2. The zero-order chi connectivity index (χ0) is 22.2. The minimum absolute atomic E-state index is 0.185. The van der Waals surface area contributed by atoms with Gasteiger partial charge in [-0.05, 0) is 47.1 Å². The average Bonchev–Trinajstić information content (AvgIpc) is 3.37. The Morgan fingerprint density at radius 1 is 1.03 bits per heavy atom. The second-order valence-corrected chi connectivity index (χ2v) is 7.87. The molecule has 5 rings (SSSR count). The van der Waals surface area contributed by atoms with E-state index >= 15 is 0 Å². The van der Waals surface area contributed by atoms with Gasteiger partial charge in [0.25, 0.3) is 5.69 Å². The topological polar surface area (TPSA) is 80.0 Å². The van der Waals surface area contributed by atoms with Crippen LogP contribution in [0.2, 0.25) is 10.0 Å². The normalized spacial score (nSPS) is 11.2. The van der Waals surface area contributed by atoms with Crippen LogP contribution in [0.5, 0.6) is 11.7 Å². The minimum atomic E-state index is -0.529. The van der Waals surface area contributed by atoms with Gasteiger partial charge in [-0.25, -0.2) is 4.98 Å². The van der Waals surface area contributed by atoms with E-state index in [2.05, 4.69) is 5.27 Å². The van der Waals surface area contributed by atoms with Crippen LogP contribution < -0.4 is 14.5 Å². The number of halogens is 2. The highest BCUT2D eigenvalue weighted by molar-refractivity contribution is 6.42. The molecule has 7 nitrogen and oxygen atoms in total. The second-order valence-electron chi connectivity index (χ2n) is 7.06. The molecule has 0 spiro atoms. The molecule has 32 heavy (non-hydrogen) atoms. The first-order valence-electron chi connectivity index (χ1n) is 9.68. The molecule has 0 bridgehead atoms. The molecule has 9 heteroatoms. The van der Waals surface area contributed by atoms with Crippen molar-refractivity contribution in [2.75, 3.05) is 7.11 Å². The lowest BCUT2D eigenvalue weighted by Gasteiger charge is -2.09. The van der Waals surface area contributed by atoms with E-state index in [0.717, 1.165) is 16.6 Å². The van der Waals surface area contributed by atoms with Crippen molar-refractivity contribution in [1.82, 2.24) is 14.8 Å². The van der Waals surface area contributed by atoms with Gasteiger partial charge in [0.15, 0.2) is 5.95 Å². The molecule has 0 aliphatic carbocycles. The fraction of sp³-hybridized carbons (Fsp3) is 0.0870. The number of hydrogen-bond acceptors (Lipinski definition) is 5. The third-order valence-electron chi connectivity index (χ3n) is 5.15. The Labute approximate surface area is 193 Å². The van der Waals surface area contributed by atoms with E-state index < -0.39 is 5.95 Å². The van der Waals surface area contributed by atoms with Crippen LogP contribution in [0.15, 0.2) is 71.3 Å². The monoisotopic (exact) mass is 466 g/mol. The van der Waals surface area contributed by atoms with Crippen LogP contribution in [-0.2, 0) is 6.54 Å². The number of imidazole rings is 1. The predicted octanol–water partition coefficient (Wildman–Crippen LogP) is 4.41. The standard InChI is InChI=1S/C23H16Cl2N4O3/c1-31-16-9-7-15(8-10-16)29-21(23(30)32-27-29)13-28-20-5-3-2-4-19(20)26-22(28)14-6-11-17(24)18(25)12-14/h2-12H,13H2,1H3. The number of nitrogens with zero attached hydrogens (tertiary/aromatic N) is 4. The number of fused-ring (bicyclic) bond motifs is 1. The lowest BCUT2D eigenvalue weighted by Crippen LogP contribution is -2.37. The quantitative estimate of drug-likeness (QED) is 0.358. The molecule has 0 unspecified atom stereocenters. The number of para-hydroxylation sites is 2. The predicted molar refractivity (Wildman–Crippen MR) is 118 cm³/mol. The Kier molecular flexibility index (Phi) is 5.20. The molecule has 0 atom stereocenters. The molecule has 3 aromatic carbocycles. The first kappa shape index (κ1) is 20.4. The molecule has 0 saturated heterocycles. The summed E-state index contributed by atoms with van der Waals surface area (Å²) >= 11 is 12.4. The number of rotatable bonds is 5. The molecule has 0 radical (unpaired) electrons. The number of methoxy groups -OCH3 is 1. The van der Waals surface area contributed by atoms with Crippen molar-refractivity contribution < 1.29 is 19.0 Å². The van der Waals surface area contributed by atoms with Crippen LogP contribution in [0, 0.1) is 0 Å². The Morgan fingerprint density at radius 2 is 1.81 bits per heavy atom. The highest BCUT2D eigenvalue weighted by Gasteiger charge is 2.24. The van der Waals surface area contributed by atoms with Crippen molar-refractivity contribution in [2.24, 2.45) is 0 Å². The van der Waals surface area contributed by atoms with Crippen molar-refractivity contribution >= 4 is 34.2 Å². The van der Waals surface area contributed by atoms with Crippen molar-refractivity contribution in [1.29, 1.82) is 0 Å². The molecule has 0 amide bonds. The summed E-state index contributed by atoms with van der Waals surface area (Å²) in [5.74, 6) is 0.814. The van der Waals surface area contributed by atoms with E-state index in [1.165, 1.54) is 4.68 Å². The van der Waals surface area contributed by atoms with Crippen molar-refractivity contribution in [3.63, 3.8) is 0 Å². The fourth-order valence-corrected chi connectivity index (χ4v) is 3.86. The Balaban J connectivity index is 1.65. The maximum atomic E-state index is 12.6. The first-order chi connectivity index (χ1) is 15.5. The summed E-state index contributed by atoms with van der Waals surface area (Å²) in [5, 5.41) is 17.4. The molecule has 5 aromatic rings. The lowest BCUT2D eigenvalue weighted by atomic mass is 10.2. The van der Waals surface area contributed by atoms with Gasteiger partial charge in [0.2, 0.25) is 5.69 Å². The van der Waals surface area contributed by atoms with Gasteiger partial charge in [0, 0.05) is 17.7 Å². The third-order valence-corrected chi connectivity index (χ3v) is 5.89. The largest absolute Gasteiger partial charge is 0.539 e. The SMILES string of the molecule is COc1ccc(-[n+]2noc([O-])c2Cn2c(-c3ccc(Cl)c(Cl)c3)nc3ccccc32)cc1. The molecule has 160 valence electrons. The molecular formula is C23H16Cl2N4O3. The van der Waals surface area contributed by atoms with Gasteiger partial charge in [0.1, 0.15) is 18.1 Å². The van der Waals surface area contributed by atoms with Gasteiger partial charge in [-0.2, -0.15) is 0 Å².